The monoisotopic (exact) mass is 528 g/mol. The highest BCUT2D eigenvalue weighted by Gasteiger charge is 2.46. The van der Waals surface area contributed by atoms with Crippen molar-refractivity contribution < 1.29 is 4.74 Å². The summed E-state index contributed by atoms with van der Waals surface area (Å²) in [6, 6.07) is 11.2. The number of thiophene rings is 4. The fourth-order valence-corrected chi connectivity index (χ4v) is 9.94. The average Bonchev–Trinajstić information content (AvgIpc) is 3.61. The summed E-state index contributed by atoms with van der Waals surface area (Å²) >= 11 is 6.31. The summed E-state index contributed by atoms with van der Waals surface area (Å²) in [5.41, 5.74) is 0.485. The van der Waals surface area contributed by atoms with E-state index in [2.05, 4.69) is 9.98 Å². The Hall–Kier alpha value is -3.58. The maximum atomic E-state index is 9.10. The lowest BCUT2D eigenvalue weighted by atomic mass is 9.78. The van der Waals surface area contributed by atoms with E-state index in [4.69, 9.17) is 25.8 Å². The second-order valence-corrected chi connectivity index (χ2v) is 12.3. The van der Waals surface area contributed by atoms with Gasteiger partial charge in [-0.1, -0.05) is 6.42 Å². The van der Waals surface area contributed by atoms with E-state index in [1.165, 1.54) is 39.5 Å². The average molecular weight is 529 g/mol. The Bertz CT molecular complexity index is 1730. The summed E-state index contributed by atoms with van der Waals surface area (Å²) in [6.07, 6.45) is 5.18. The van der Waals surface area contributed by atoms with Gasteiger partial charge in [0.15, 0.2) is 5.75 Å². The molecule has 6 rings (SSSR count). The standard InChI is InChI=1S/C24H12N6OS4/c25-8-12(9-26)29-16-6-14-20(34-16)18-22(32-14)23-19(31-24(18)4-2-1-3-5-24)21-15(33-23)7-17(35-21)30-13(10-27)11-28/h6-7H,1-5H2. The van der Waals surface area contributed by atoms with Gasteiger partial charge < -0.3 is 4.74 Å². The van der Waals surface area contributed by atoms with Gasteiger partial charge in [0.05, 0.1) is 23.9 Å². The van der Waals surface area contributed by atoms with Crippen LogP contribution in [0.3, 0.4) is 0 Å². The number of rotatable bonds is 2. The molecule has 168 valence electrons. The molecule has 1 fully saturated rings. The summed E-state index contributed by atoms with van der Waals surface area (Å²) < 4.78 is 11.2. The topological polar surface area (TPSA) is 129 Å². The Morgan fingerprint density at radius 1 is 0.743 bits per heavy atom. The highest BCUT2D eigenvalue weighted by molar-refractivity contribution is 7.35. The highest BCUT2D eigenvalue weighted by Crippen LogP contribution is 2.63. The third-order valence-electron chi connectivity index (χ3n) is 6.15. The molecule has 0 atom stereocenters. The number of hydrogen-bond acceptors (Lipinski definition) is 11. The minimum Gasteiger partial charge on any atom is -0.479 e. The Morgan fingerprint density at radius 2 is 1.29 bits per heavy atom. The van der Waals surface area contributed by atoms with Crippen molar-refractivity contribution in [3.63, 3.8) is 0 Å². The molecule has 1 aliphatic carbocycles. The van der Waals surface area contributed by atoms with Gasteiger partial charge in [0.25, 0.3) is 0 Å². The van der Waals surface area contributed by atoms with Crippen LogP contribution in [0.2, 0.25) is 0 Å². The summed E-state index contributed by atoms with van der Waals surface area (Å²) in [5, 5.41) is 37.6. The van der Waals surface area contributed by atoms with Gasteiger partial charge in [0.1, 0.15) is 39.9 Å². The first-order valence-electron chi connectivity index (χ1n) is 10.7. The third kappa shape index (κ3) is 3.37. The maximum absolute atomic E-state index is 9.10. The Labute approximate surface area is 215 Å². The van der Waals surface area contributed by atoms with Gasteiger partial charge >= 0.3 is 0 Å². The highest BCUT2D eigenvalue weighted by atomic mass is 32.1. The second-order valence-electron chi connectivity index (χ2n) is 8.15. The van der Waals surface area contributed by atoms with Gasteiger partial charge in [-0.25, -0.2) is 9.98 Å². The molecule has 2 aliphatic rings. The summed E-state index contributed by atoms with van der Waals surface area (Å²) in [4.78, 5) is 10.7. The molecule has 0 unspecified atom stereocenters. The molecule has 35 heavy (non-hydrogen) atoms. The predicted octanol–water partition coefficient (Wildman–Crippen LogP) is 7.70. The van der Waals surface area contributed by atoms with Crippen molar-refractivity contribution in [2.75, 3.05) is 0 Å². The Morgan fingerprint density at radius 3 is 1.89 bits per heavy atom. The first kappa shape index (κ1) is 21.9. The quantitative estimate of drug-likeness (QED) is 0.246. The van der Waals surface area contributed by atoms with Crippen molar-refractivity contribution >= 4 is 85.6 Å². The van der Waals surface area contributed by atoms with Crippen LogP contribution in [0, 0.1) is 45.3 Å². The fourth-order valence-electron chi connectivity index (χ4n) is 4.75. The number of fused-ring (bicyclic) bond motifs is 8. The van der Waals surface area contributed by atoms with Crippen LogP contribution in [0.5, 0.6) is 5.75 Å². The molecule has 0 saturated heterocycles. The number of aliphatic imine (C=N–C) groups is 2. The Kier molecular flexibility index (Phi) is 5.18. The molecule has 0 aromatic carbocycles. The van der Waals surface area contributed by atoms with Crippen LogP contribution in [0.1, 0.15) is 37.7 Å². The smallest absolute Gasteiger partial charge is 0.219 e. The number of hydrogen-bond donors (Lipinski definition) is 0. The zero-order valence-electron chi connectivity index (χ0n) is 17.9. The van der Waals surface area contributed by atoms with Crippen LogP contribution in [0.25, 0.3) is 28.6 Å². The molecule has 1 saturated carbocycles. The second kappa shape index (κ2) is 8.27. The lowest BCUT2D eigenvalue weighted by molar-refractivity contribution is 0.0282. The van der Waals surface area contributed by atoms with E-state index in [0.29, 0.717) is 10.0 Å². The van der Waals surface area contributed by atoms with Gasteiger partial charge in [-0.3, -0.25) is 0 Å². The minimum atomic E-state index is -0.427. The van der Waals surface area contributed by atoms with Crippen molar-refractivity contribution in [2.24, 2.45) is 9.98 Å². The summed E-state index contributed by atoms with van der Waals surface area (Å²) in [6.45, 7) is 0. The van der Waals surface area contributed by atoms with E-state index in [9.17, 15) is 0 Å². The van der Waals surface area contributed by atoms with Gasteiger partial charge in [-0.05, 0) is 37.8 Å². The molecule has 0 radical (unpaired) electrons. The summed E-state index contributed by atoms with van der Waals surface area (Å²) in [5.74, 6) is 0.879. The van der Waals surface area contributed by atoms with Crippen LogP contribution >= 0.6 is 45.3 Å². The van der Waals surface area contributed by atoms with Crippen LogP contribution in [-0.4, -0.2) is 11.4 Å². The molecule has 1 aliphatic heterocycles. The number of nitrogens with zero attached hydrogens (tertiary/aromatic N) is 6. The third-order valence-corrected chi connectivity index (χ3v) is 10.9. The van der Waals surface area contributed by atoms with Crippen LogP contribution in [-0.2, 0) is 5.60 Å². The number of ether oxygens (including phenoxy) is 1. The molecule has 4 aromatic heterocycles. The minimum absolute atomic E-state index is 0.147. The number of nitriles is 4. The first-order valence-corrected chi connectivity index (χ1v) is 14.0. The van der Waals surface area contributed by atoms with Crippen LogP contribution < -0.4 is 4.74 Å². The van der Waals surface area contributed by atoms with Crippen LogP contribution in [0.4, 0.5) is 10.0 Å². The lowest BCUT2D eigenvalue weighted by Crippen LogP contribution is -2.37. The van der Waals surface area contributed by atoms with E-state index in [1.807, 2.05) is 36.4 Å². The van der Waals surface area contributed by atoms with E-state index in [-0.39, 0.29) is 11.4 Å². The zero-order valence-corrected chi connectivity index (χ0v) is 21.2. The van der Waals surface area contributed by atoms with Crippen molar-refractivity contribution in [2.45, 2.75) is 37.7 Å². The van der Waals surface area contributed by atoms with Gasteiger partial charge in [0.2, 0.25) is 11.4 Å². The van der Waals surface area contributed by atoms with Crippen molar-refractivity contribution in [3.8, 4) is 39.8 Å². The van der Waals surface area contributed by atoms with E-state index in [1.54, 1.807) is 22.7 Å². The zero-order chi connectivity index (χ0) is 24.2. The van der Waals surface area contributed by atoms with Gasteiger partial charge in [-0.2, -0.15) is 21.0 Å². The molecule has 5 heterocycles. The molecule has 0 N–H and O–H groups in total. The van der Waals surface area contributed by atoms with Crippen molar-refractivity contribution in [1.29, 1.82) is 21.0 Å². The Balaban J connectivity index is 1.55. The molecule has 1 spiro atoms. The molecule has 0 amide bonds. The van der Waals surface area contributed by atoms with Gasteiger partial charge in [0, 0.05) is 10.3 Å². The SMILES string of the molecule is N#CC(C#N)=Nc1cc2sc3c(c2s1)OC1(CCCCC1)c1c-3sc2cc(N=C(C#N)C#N)sc12. The molecule has 0 bridgehead atoms. The molecule has 11 heteroatoms. The van der Waals surface area contributed by atoms with E-state index in [0.717, 1.165) is 55.1 Å². The molecular formula is C24H12N6OS4. The summed E-state index contributed by atoms with van der Waals surface area (Å²) in [7, 11) is 0. The largest absolute Gasteiger partial charge is 0.479 e. The fraction of sp³-hybridized carbons (Fsp3) is 0.250. The van der Waals surface area contributed by atoms with E-state index < -0.39 is 5.60 Å². The van der Waals surface area contributed by atoms with Gasteiger partial charge in [-0.15, -0.1) is 45.3 Å². The molecule has 4 aromatic rings. The molecular weight excluding hydrogens is 517 g/mol. The van der Waals surface area contributed by atoms with E-state index >= 15 is 0 Å². The normalized spacial score (nSPS) is 15.2. The first-order chi connectivity index (χ1) is 17.1. The predicted molar refractivity (Wildman–Crippen MR) is 140 cm³/mol. The molecule has 7 nitrogen and oxygen atoms in total. The maximum Gasteiger partial charge on any atom is 0.219 e. The van der Waals surface area contributed by atoms with Crippen LogP contribution in [0.15, 0.2) is 22.1 Å². The van der Waals surface area contributed by atoms with Crippen molar-refractivity contribution in [1.82, 2.24) is 0 Å². The lowest BCUT2D eigenvalue weighted by Gasteiger charge is -2.40. The van der Waals surface area contributed by atoms with Crippen molar-refractivity contribution in [3.05, 3.63) is 17.7 Å².